The molecule has 21 heavy (non-hydrogen) atoms. The summed E-state index contributed by atoms with van der Waals surface area (Å²) in [5.74, 6) is 5.70. The van der Waals surface area contributed by atoms with Crippen molar-refractivity contribution >= 4 is 0 Å². The smallest absolute Gasteiger partial charge is 0.320 e. The van der Waals surface area contributed by atoms with Gasteiger partial charge in [-0.2, -0.15) is 0 Å². The van der Waals surface area contributed by atoms with Crippen LogP contribution in [0.15, 0.2) is 46.1 Å². The van der Waals surface area contributed by atoms with Crippen LogP contribution in [0.3, 0.4) is 0 Å². The Balaban J connectivity index is 2.30. The van der Waals surface area contributed by atoms with Crippen molar-refractivity contribution in [1.29, 1.82) is 0 Å². The Morgan fingerprint density at radius 3 is 2.48 bits per heavy atom. The number of benzene rings is 1. The maximum Gasteiger partial charge on any atom is 0.331 e. The quantitative estimate of drug-likeness (QED) is 0.828. The van der Waals surface area contributed by atoms with Crippen molar-refractivity contribution in [3.05, 3.63) is 68.5 Å². The third-order valence-electron chi connectivity index (χ3n) is 3.11. The average molecular weight is 283 g/mol. The van der Waals surface area contributed by atoms with E-state index in [0.717, 1.165) is 11.1 Å². The maximum absolute atomic E-state index is 12.1. The summed E-state index contributed by atoms with van der Waals surface area (Å²) in [4.78, 5) is 24.0. The number of aromatic nitrogens is 2. The molecule has 0 saturated heterocycles. The van der Waals surface area contributed by atoms with Crippen molar-refractivity contribution in [2.75, 3.05) is 6.54 Å². The zero-order valence-corrected chi connectivity index (χ0v) is 11.9. The molecule has 5 nitrogen and oxygen atoms in total. The van der Waals surface area contributed by atoms with E-state index in [-0.39, 0.29) is 17.8 Å². The molecule has 108 valence electrons. The van der Waals surface area contributed by atoms with Crippen LogP contribution in [-0.4, -0.2) is 15.7 Å². The van der Waals surface area contributed by atoms with Crippen molar-refractivity contribution in [2.45, 2.75) is 20.0 Å². The van der Waals surface area contributed by atoms with Crippen molar-refractivity contribution in [3.63, 3.8) is 0 Å². The highest BCUT2D eigenvalue weighted by Gasteiger charge is 2.05. The minimum absolute atomic E-state index is 0.253. The van der Waals surface area contributed by atoms with Gasteiger partial charge in [0, 0.05) is 24.4 Å². The molecule has 0 atom stereocenters. The first-order chi connectivity index (χ1) is 10.2. The van der Waals surface area contributed by atoms with Gasteiger partial charge in [-0.25, -0.2) is 4.79 Å². The normalized spacial score (nSPS) is 10.0. The van der Waals surface area contributed by atoms with Gasteiger partial charge in [-0.1, -0.05) is 24.0 Å². The van der Waals surface area contributed by atoms with Gasteiger partial charge in [0.15, 0.2) is 0 Å². The molecule has 2 rings (SSSR count). The molecule has 0 radical (unpaired) electrons. The highest BCUT2D eigenvalue weighted by molar-refractivity contribution is 5.36. The van der Waals surface area contributed by atoms with E-state index in [1.54, 1.807) is 0 Å². The van der Waals surface area contributed by atoms with Gasteiger partial charge in [0.05, 0.1) is 13.1 Å². The van der Waals surface area contributed by atoms with Crippen LogP contribution in [0, 0.1) is 11.8 Å². The molecule has 0 aliphatic rings. The zero-order valence-electron chi connectivity index (χ0n) is 11.9. The molecule has 0 fully saturated rings. The van der Waals surface area contributed by atoms with Gasteiger partial charge in [0.2, 0.25) is 0 Å². The van der Waals surface area contributed by atoms with Crippen molar-refractivity contribution in [1.82, 2.24) is 9.13 Å². The molecule has 2 aromatic rings. The lowest BCUT2D eigenvalue weighted by Crippen LogP contribution is -2.38. The number of hydrogen-bond acceptors (Lipinski definition) is 3. The SMILES string of the molecule is CCn1ccc(=O)n(Cc2ccc(C#CCN)cc2)c1=O. The summed E-state index contributed by atoms with van der Waals surface area (Å²) in [5.41, 5.74) is 6.46. The topological polar surface area (TPSA) is 70.0 Å². The average Bonchev–Trinajstić information content (AvgIpc) is 2.51. The predicted molar refractivity (Wildman–Crippen MR) is 82.1 cm³/mol. The predicted octanol–water partition coefficient (Wildman–Crippen LogP) is 0.388. The molecule has 0 unspecified atom stereocenters. The van der Waals surface area contributed by atoms with E-state index in [0.29, 0.717) is 13.1 Å². The fourth-order valence-corrected chi connectivity index (χ4v) is 1.97. The lowest BCUT2D eigenvalue weighted by atomic mass is 10.1. The monoisotopic (exact) mass is 283 g/mol. The summed E-state index contributed by atoms with van der Waals surface area (Å²) < 4.78 is 2.73. The number of aryl methyl sites for hydroxylation is 1. The molecule has 0 bridgehead atoms. The van der Waals surface area contributed by atoms with Crippen molar-refractivity contribution in [2.24, 2.45) is 5.73 Å². The number of nitrogens with zero attached hydrogens (tertiary/aromatic N) is 2. The largest absolute Gasteiger partial charge is 0.331 e. The Bertz CT molecular complexity index is 789. The first kappa shape index (κ1) is 14.8. The molecule has 0 aliphatic carbocycles. The summed E-state index contributed by atoms with van der Waals surface area (Å²) in [6.07, 6.45) is 1.52. The van der Waals surface area contributed by atoms with E-state index in [1.165, 1.54) is 21.4 Å². The molecule has 1 aromatic carbocycles. The van der Waals surface area contributed by atoms with Crippen LogP contribution in [0.25, 0.3) is 0 Å². The van der Waals surface area contributed by atoms with Crippen LogP contribution in [0.2, 0.25) is 0 Å². The molecule has 1 aromatic heterocycles. The van der Waals surface area contributed by atoms with Gasteiger partial charge in [-0.05, 0) is 24.6 Å². The molecular weight excluding hydrogens is 266 g/mol. The van der Waals surface area contributed by atoms with E-state index < -0.39 is 0 Å². The lowest BCUT2D eigenvalue weighted by molar-refractivity contribution is 0.600. The highest BCUT2D eigenvalue weighted by Crippen LogP contribution is 2.03. The summed E-state index contributed by atoms with van der Waals surface area (Å²) in [6, 6.07) is 8.83. The van der Waals surface area contributed by atoms with Gasteiger partial charge in [-0.3, -0.25) is 9.36 Å². The second kappa shape index (κ2) is 6.73. The van der Waals surface area contributed by atoms with Crippen molar-refractivity contribution in [3.8, 4) is 11.8 Å². The highest BCUT2D eigenvalue weighted by atomic mass is 16.2. The first-order valence-electron chi connectivity index (χ1n) is 6.74. The van der Waals surface area contributed by atoms with Gasteiger partial charge >= 0.3 is 5.69 Å². The van der Waals surface area contributed by atoms with Crippen LogP contribution >= 0.6 is 0 Å². The van der Waals surface area contributed by atoms with Crippen LogP contribution < -0.4 is 17.0 Å². The lowest BCUT2D eigenvalue weighted by Gasteiger charge is -2.08. The maximum atomic E-state index is 12.1. The minimum Gasteiger partial charge on any atom is -0.320 e. The van der Waals surface area contributed by atoms with E-state index in [1.807, 2.05) is 31.2 Å². The third kappa shape index (κ3) is 3.50. The van der Waals surface area contributed by atoms with E-state index in [9.17, 15) is 9.59 Å². The van der Waals surface area contributed by atoms with Gasteiger partial charge < -0.3 is 10.3 Å². The molecule has 0 saturated carbocycles. The van der Waals surface area contributed by atoms with Crippen molar-refractivity contribution < 1.29 is 0 Å². The second-order valence-electron chi connectivity index (χ2n) is 4.51. The first-order valence-corrected chi connectivity index (χ1v) is 6.74. The molecule has 0 amide bonds. The number of hydrogen-bond donors (Lipinski definition) is 1. The van der Waals surface area contributed by atoms with Crippen LogP contribution in [0.5, 0.6) is 0 Å². The second-order valence-corrected chi connectivity index (χ2v) is 4.51. The summed E-state index contributed by atoms with van der Waals surface area (Å²) >= 11 is 0. The molecule has 2 N–H and O–H groups in total. The Morgan fingerprint density at radius 1 is 1.14 bits per heavy atom. The molecule has 1 heterocycles. The molecular formula is C16H17N3O2. The minimum atomic E-state index is -0.295. The fraction of sp³-hybridized carbons (Fsp3) is 0.250. The zero-order chi connectivity index (χ0) is 15.2. The Kier molecular flexibility index (Phi) is 4.75. The number of nitrogens with two attached hydrogens (primary N) is 1. The molecule has 0 aliphatic heterocycles. The Hall–Kier alpha value is -2.58. The number of rotatable bonds is 3. The van der Waals surface area contributed by atoms with E-state index in [2.05, 4.69) is 11.8 Å². The Morgan fingerprint density at radius 2 is 1.86 bits per heavy atom. The summed E-state index contributed by atoms with van der Waals surface area (Å²) in [5, 5.41) is 0. The molecule has 5 heteroatoms. The fourth-order valence-electron chi connectivity index (χ4n) is 1.97. The van der Waals surface area contributed by atoms with E-state index in [4.69, 9.17) is 5.73 Å². The standard InChI is InChI=1S/C16H17N3O2/c1-2-18-11-9-15(20)19(16(18)21)12-14-7-5-13(6-8-14)4-3-10-17/h5-9,11H,2,10,12,17H2,1H3. The van der Waals surface area contributed by atoms with Gasteiger partial charge in [0.25, 0.3) is 5.56 Å². The summed E-state index contributed by atoms with van der Waals surface area (Å²) in [7, 11) is 0. The van der Waals surface area contributed by atoms with Crippen LogP contribution in [0.1, 0.15) is 18.1 Å². The summed E-state index contributed by atoms with van der Waals surface area (Å²) in [6.45, 7) is 2.97. The third-order valence-corrected chi connectivity index (χ3v) is 3.11. The molecule has 0 spiro atoms. The van der Waals surface area contributed by atoms with E-state index >= 15 is 0 Å². The van der Waals surface area contributed by atoms with Gasteiger partial charge in [0.1, 0.15) is 0 Å². The van der Waals surface area contributed by atoms with Gasteiger partial charge in [-0.15, -0.1) is 0 Å². The van der Waals surface area contributed by atoms with Crippen LogP contribution in [-0.2, 0) is 13.1 Å². The van der Waals surface area contributed by atoms with Crippen LogP contribution in [0.4, 0.5) is 0 Å². The Labute approximate surface area is 122 Å².